The molecule has 1 atom stereocenters. The third-order valence-electron chi connectivity index (χ3n) is 3.82. The van der Waals surface area contributed by atoms with Gasteiger partial charge in [-0.25, -0.2) is 17.9 Å². The standard InChI is InChI=1S/C13H19NO4S2/c1-8(10-5-3-4-6-10)14-20(17,18)12-7-11(13(15)16)19-9(12)2/h7-8,10,14H,3-6H2,1-2H3,(H,15,16)/t8-/m1/s1. The molecule has 1 aromatic rings. The molecule has 20 heavy (non-hydrogen) atoms. The highest BCUT2D eigenvalue weighted by Crippen LogP contribution is 2.30. The second-order valence-electron chi connectivity index (χ2n) is 5.29. The molecule has 0 aromatic carbocycles. The summed E-state index contributed by atoms with van der Waals surface area (Å²) in [6.07, 6.45) is 4.40. The average Bonchev–Trinajstić information content (AvgIpc) is 2.96. The van der Waals surface area contributed by atoms with Gasteiger partial charge in [-0.1, -0.05) is 12.8 Å². The van der Waals surface area contributed by atoms with Gasteiger partial charge in [0.25, 0.3) is 0 Å². The third kappa shape index (κ3) is 3.21. The molecule has 1 heterocycles. The summed E-state index contributed by atoms with van der Waals surface area (Å²) in [6.45, 7) is 3.51. The highest BCUT2D eigenvalue weighted by molar-refractivity contribution is 7.89. The number of thiophene rings is 1. The Hall–Kier alpha value is -0.920. The number of hydrogen-bond donors (Lipinski definition) is 2. The van der Waals surface area contributed by atoms with Crippen LogP contribution in [0.1, 0.15) is 47.2 Å². The summed E-state index contributed by atoms with van der Waals surface area (Å²) in [4.78, 5) is 11.6. The van der Waals surface area contributed by atoms with Gasteiger partial charge in [0, 0.05) is 10.9 Å². The van der Waals surface area contributed by atoms with Crippen LogP contribution in [0.4, 0.5) is 0 Å². The van der Waals surface area contributed by atoms with Crippen molar-refractivity contribution in [2.75, 3.05) is 0 Å². The predicted octanol–water partition coefficient (Wildman–Crippen LogP) is 2.61. The Balaban J connectivity index is 2.19. The van der Waals surface area contributed by atoms with E-state index in [1.165, 1.54) is 6.07 Å². The monoisotopic (exact) mass is 317 g/mol. The maximum Gasteiger partial charge on any atom is 0.345 e. The van der Waals surface area contributed by atoms with Crippen molar-refractivity contribution >= 4 is 27.3 Å². The average molecular weight is 317 g/mol. The molecule has 1 saturated carbocycles. The minimum atomic E-state index is -3.64. The molecule has 0 unspecified atom stereocenters. The van der Waals surface area contributed by atoms with Crippen LogP contribution in [0.5, 0.6) is 0 Å². The summed E-state index contributed by atoms with van der Waals surface area (Å²) in [7, 11) is -3.64. The van der Waals surface area contributed by atoms with Crippen molar-refractivity contribution in [3.8, 4) is 0 Å². The van der Waals surface area contributed by atoms with Gasteiger partial charge in [-0.3, -0.25) is 0 Å². The van der Waals surface area contributed by atoms with Gasteiger partial charge in [0.2, 0.25) is 10.0 Å². The molecular weight excluding hydrogens is 298 g/mol. The second kappa shape index (κ2) is 5.83. The summed E-state index contributed by atoms with van der Waals surface area (Å²) < 4.78 is 27.4. The molecule has 1 fully saturated rings. The Bertz CT molecular complexity index is 600. The Labute approximate surface area is 123 Å². The molecule has 7 heteroatoms. The van der Waals surface area contributed by atoms with Crippen LogP contribution in [-0.4, -0.2) is 25.5 Å². The van der Waals surface area contributed by atoms with Crippen LogP contribution in [0, 0.1) is 12.8 Å². The molecule has 0 aliphatic heterocycles. The Morgan fingerprint density at radius 3 is 2.55 bits per heavy atom. The molecule has 1 aliphatic carbocycles. The third-order valence-corrected chi connectivity index (χ3v) is 6.67. The van der Waals surface area contributed by atoms with Gasteiger partial charge >= 0.3 is 5.97 Å². The first-order chi connectivity index (χ1) is 9.31. The SMILES string of the molecule is Cc1sc(C(=O)O)cc1S(=O)(=O)N[C@H](C)C1CCCC1. The number of carboxylic acids is 1. The molecule has 0 radical (unpaired) electrons. The van der Waals surface area contributed by atoms with Crippen LogP contribution in [0.15, 0.2) is 11.0 Å². The van der Waals surface area contributed by atoms with Crippen LogP contribution >= 0.6 is 11.3 Å². The van der Waals surface area contributed by atoms with Gasteiger partial charge in [-0.2, -0.15) is 0 Å². The van der Waals surface area contributed by atoms with Crippen LogP contribution in [0.25, 0.3) is 0 Å². The van der Waals surface area contributed by atoms with Crippen LogP contribution in [0.3, 0.4) is 0 Å². The van der Waals surface area contributed by atoms with E-state index in [4.69, 9.17) is 5.11 Å². The minimum Gasteiger partial charge on any atom is -0.477 e. The number of sulfonamides is 1. The normalized spacial score (nSPS) is 18.3. The molecule has 0 saturated heterocycles. The molecule has 0 bridgehead atoms. The quantitative estimate of drug-likeness (QED) is 0.874. The number of carbonyl (C=O) groups is 1. The number of hydrogen-bond acceptors (Lipinski definition) is 4. The van der Waals surface area contributed by atoms with Gasteiger partial charge in [0.05, 0.1) is 4.90 Å². The van der Waals surface area contributed by atoms with Crippen molar-refractivity contribution in [2.24, 2.45) is 5.92 Å². The van der Waals surface area contributed by atoms with Crippen molar-refractivity contribution in [1.29, 1.82) is 0 Å². The van der Waals surface area contributed by atoms with Gasteiger partial charge in [0.1, 0.15) is 4.88 Å². The van der Waals surface area contributed by atoms with E-state index in [0.717, 1.165) is 37.0 Å². The van der Waals surface area contributed by atoms with E-state index in [0.29, 0.717) is 10.8 Å². The molecule has 5 nitrogen and oxygen atoms in total. The van der Waals surface area contributed by atoms with Crippen molar-refractivity contribution < 1.29 is 18.3 Å². The van der Waals surface area contributed by atoms with Crippen LogP contribution in [0.2, 0.25) is 0 Å². The number of aryl methyl sites for hydroxylation is 1. The first-order valence-corrected chi connectivity index (χ1v) is 8.97. The molecular formula is C13H19NO4S2. The molecule has 112 valence electrons. The van der Waals surface area contributed by atoms with E-state index >= 15 is 0 Å². The Morgan fingerprint density at radius 2 is 2.05 bits per heavy atom. The number of nitrogens with one attached hydrogen (secondary N) is 1. The van der Waals surface area contributed by atoms with Gasteiger partial charge in [0.15, 0.2) is 0 Å². The molecule has 1 aromatic heterocycles. The lowest BCUT2D eigenvalue weighted by Crippen LogP contribution is -2.37. The van der Waals surface area contributed by atoms with E-state index in [1.54, 1.807) is 6.92 Å². The van der Waals surface area contributed by atoms with Gasteiger partial charge in [-0.05, 0) is 38.7 Å². The molecule has 0 spiro atoms. The molecule has 2 rings (SSSR count). The van der Waals surface area contributed by atoms with E-state index in [1.807, 2.05) is 6.92 Å². The van der Waals surface area contributed by atoms with Crippen molar-refractivity contribution in [3.63, 3.8) is 0 Å². The number of carboxylic acid groups (broad SMARTS) is 1. The minimum absolute atomic E-state index is 0.0522. The van der Waals surface area contributed by atoms with Gasteiger partial charge < -0.3 is 5.11 Å². The summed E-state index contributed by atoms with van der Waals surface area (Å²) in [6, 6.07) is 1.13. The zero-order chi connectivity index (χ0) is 14.9. The maximum atomic E-state index is 12.4. The Kier molecular flexibility index (Phi) is 4.51. The fraction of sp³-hybridized carbons (Fsp3) is 0.615. The number of aromatic carboxylic acids is 1. The summed E-state index contributed by atoms with van der Waals surface area (Å²) in [5, 5.41) is 8.94. The van der Waals surface area contributed by atoms with Crippen LogP contribution < -0.4 is 4.72 Å². The van der Waals surface area contributed by atoms with Crippen LogP contribution in [-0.2, 0) is 10.0 Å². The zero-order valence-electron chi connectivity index (χ0n) is 11.5. The lowest BCUT2D eigenvalue weighted by Gasteiger charge is -2.20. The topological polar surface area (TPSA) is 83.5 Å². The zero-order valence-corrected chi connectivity index (χ0v) is 13.2. The molecule has 0 amide bonds. The van der Waals surface area contributed by atoms with Crippen molar-refractivity contribution in [3.05, 3.63) is 15.8 Å². The summed E-state index contributed by atoms with van der Waals surface area (Å²) in [5.41, 5.74) is 0. The first kappa shape index (κ1) is 15.5. The maximum absolute atomic E-state index is 12.4. The highest BCUT2D eigenvalue weighted by atomic mass is 32.2. The summed E-state index contributed by atoms with van der Waals surface area (Å²) >= 11 is 0.990. The van der Waals surface area contributed by atoms with E-state index < -0.39 is 16.0 Å². The van der Waals surface area contributed by atoms with E-state index in [-0.39, 0.29) is 15.8 Å². The van der Waals surface area contributed by atoms with E-state index in [2.05, 4.69) is 4.72 Å². The molecule has 1 aliphatic rings. The second-order valence-corrected chi connectivity index (χ2v) is 8.23. The number of rotatable bonds is 5. The predicted molar refractivity (Wildman–Crippen MR) is 77.8 cm³/mol. The van der Waals surface area contributed by atoms with Gasteiger partial charge in [-0.15, -0.1) is 11.3 Å². The van der Waals surface area contributed by atoms with Crippen molar-refractivity contribution in [2.45, 2.75) is 50.5 Å². The summed E-state index contributed by atoms with van der Waals surface area (Å²) in [5.74, 6) is -0.717. The smallest absolute Gasteiger partial charge is 0.345 e. The molecule has 2 N–H and O–H groups in total. The highest BCUT2D eigenvalue weighted by Gasteiger charge is 2.28. The van der Waals surface area contributed by atoms with E-state index in [9.17, 15) is 13.2 Å². The van der Waals surface area contributed by atoms with Crippen molar-refractivity contribution in [1.82, 2.24) is 4.72 Å². The fourth-order valence-electron chi connectivity index (χ4n) is 2.70. The lowest BCUT2D eigenvalue weighted by molar-refractivity contribution is 0.0702. The first-order valence-electron chi connectivity index (χ1n) is 6.67. The fourth-order valence-corrected chi connectivity index (χ4v) is 5.44. The Morgan fingerprint density at radius 1 is 1.45 bits per heavy atom. The lowest BCUT2D eigenvalue weighted by atomic mass is 10.0. The largest absolute Gasteiger partial charge is 0.477 e.